The van der Waals surface area contributed by atoms with Crippen molar-refractivity contribution >= 4 is 25.3 Å². The van der Waals surface area contributed by atoms with Crippen LogP contribution < -0.4 is 4.74 Å². The summed E-state index contributed by atoms with van der Waals surface area (Å²) in [6, 6.07) is 24.2. The lowest BCUT2D eigenvalue weighted by Gasteiger charge is -2.33. The standard InChI is InChI=1S/C34H43ClNO6P/c1-25-36-34(23-39-25,24-40-43(37,41-32(2,3)4)42-33(5,6)7)20-19-28-13-14-29(21-31(28)35)27-15-17-30(18-16-27)38-22-26-11-9-8-10-12-26/h8-18,21H,19-20,22-24H2,1-7H3. The van der Waals surface area contributed by atoms with Crippen LogP contribution in [0.3, 0.4) is 0 Å². The van der Waals surface area contributed by atoms with Gasteiger partial charge >= 0.3 is 7.82 Å². The van der Waals surface area contributed by atoms with E-state index < -0.39 is 24.6 Å². The Bertz CT molecular complexity index is 1430. The Morgan fingerprint density at radius 3 is 2.09 bits per heavy atom. The summed E-state index contributed by atoms with van der Waals surface area (Å²) in [6.07, 6.45) is 1.20. The van der Waals surface area contributed by atoms with Gasteiger partial charge in [-0.25, -0.2) is 9.56 Å². The summed E-state index contributed by atoms with van der Waals surface area (Å²) in [5, 5.41) is 0.662. The highest BCUT2D eigenvalue weighted by Crippen LogP contribution is 2.56. The predicted molar refractivity (Wildman–Crippen MR) is 173 cm³/mol. The molecule has 0 spiro atoms. The highest BCUT2D eigenvalue weighted by Gasteiger charge is 2.43. The second-order valence-electron chi connectivity index (χ2n) is 12.9. The average Bonchev–Trinajstić information content (AvgIpc) is 3.30. The number of aliphatic imine (C=N–C) groups is 1. The molecule has 0 fully saturated rings. The molecule has 0 aromatic heterocycles. The molecule has 1 aliphatic heterocycles. The van der Waals surface area contributed by atoms with E-state index in [-0.39, 0.29) is 6.61 Å². The lowest BCUT2D eigenvalue weighted by molar-refractivity contribution is -0.00465. The van der Waals surface area contributed by atoms with Crippen molar-refractivity contribution in [1.29, 1.82) is 0 Å². The molecule has 232 valence electrons. The maximum atomic E-state index is 13.7. The Balaban J connectivity index is 1.42. The molecule has 4 rings (SSSR count). The summed E-state index contributed by atoms with van der Waals surface area (Å²) < 4.78 is 42.9. The minimum atomic E-state index is -3.91. The highest BCUT2D eigenvalue weighted by atomic mass is 35.5. The molecule has 3 aromatic carbocycles. The third-order valence-corrected chi connectivity index (χ3v) is 8.90. The van der Waals surface area contributed by atoms with Gasteiger partial charge in [-0.2, -0.15) is 0 Å². The van der Waals surface area contributed by atoms with Gasteiger partial charge in [0.2, 0.25) is 0 Å². The second kappa shape index (κ2) is 13.5. The van der Waals surface area contributed by atoms with Crippen molar-refractivity contribution in [3.05, 3.63) is 88.9 Å². The summed E-state index contributed by atoms with van der Waals surface area (Å²) >= 11 is 6.78. The van der Waals surface area contributed by atoms with Crippen molar-refractivity contribution in [3.63, 3.8) is 0 Å². The minimum Gasteiger partial charge on any atom is -0.489 e. The molecule has 0 bridgehead atoms. The smallest absolute Gasteiger partial charge is 0.475 e. The number of rotatable bonds is 12. The molecule has 0 N–H and O–H groups in total. The van der Waals surface area contributed by atoms with E-state index in [0.717, 1.165) is 28.0 Å². The van der Waals surface area contributed by atoms with E-state index in [4.69, 9.17) is 39.6 Å². The van der Waals surface area contributed by atoms with Crippen molar-refractivity contribution in [2.75, 3.05) is 13.2 Å². The fourth-order valence-corrected chi connectivity index (χ4v) is 6.79. The quantitative estimate of drug-likeness (QED) is 0.186. The molecule has 1 unspecified atom stereocenters. The Morgan fingerprint density at radius 1 is 0.907 bits per heavy atom. The van der Waals surface area contributed by atoms with Crippen LogP contribution in [-0.4, -0.2) is 35.9 Å². The molecule has 3 aromatic rings. The van der Waals surface area contributed by atoms with Gasteiger partial charge in [0.1, 0.15) is 24.5 Å². The fourth-order valence-electron chi connectivity index (χ4n) is 4.63. The number of halogens is 1. The van der Waals surface area contributed by atoms with Gasteiger partial charge < -0.3 is 9.47 Å². The van der Waals surface area contributed by atoms with Crippen LogP contribution in [0.5, 0.6) is 5.75 Å². The van der Waals surface area contributed by atoms with E-state index in [0.29, 0.717) is 37.0 Å². The van der Waals surface area contributed by atoms with E-state index in [2.05, 4.69) is 6.07 Å². The Labute approximate surface area is 261 Å². The number of ether oxygens (including phenoxy) is 2. The van der Waals surface area contributed by atoms with Crippen LogP contribution in [0, 0.1) is 0 Å². The van der Waals surface area contributed by atoms with Crippen LogP contribution in [0.2, 0.25) is 5.02 Å². The largest absolute Gasteiger partial charge is 0.489 e. The number of phosphoric acid groups is 1. The maximum Gasteiger partial charge on any atom is 0.475 e. The van der Waals surface area contributed by atoms with Crippen LogP contribution in [0.1, 0.15) is 66.0 Å². The molecule has 1 heterocycles. The van der Waals surface area contributed by atoms with Crippen LogP contribution in [0.15, 0.2) is 77.8 Å². The molecule has 0 aliphatic carbocycles. The van der Waals surface area contributed by atoms with Gasteiger partial charge in [-0.1, -0.05) is 66.2 Å². The summed E-state index contributed by atoms with van der Waals surface area (Å²) in [4.78, 5) is 4.75. The summed E-state index contributed by atoms with van der Waals surface area (Å²) in [6.45, 7) is 13.5. The van der Waals surface area contributed by atoms with Crippen LogP contribution >= 0.6 is 19.4 Å². The molecule has 0 amide bonds. The maximum absolute atomic E-state index is 13.7. The Hall–Kier alpha value is -2.67. The molecule has 0 saturated carbocycles. The van der Waals surface area contributed by atoms with E-state index >= 15 is 0 Å². The minimum absolute atomic E-state index is 0.0160. The zero-order chi connectivity index (χ0) is 31.3. The first-order valence-electron chi connectivity index (χ1n) is 14.5. The van der Waals surface area contributed by atoms with E-state index in [1.807, 2.05) is 108 Å². The number of nitrogens with zero attached hydrogens (tertiary/aromatic N) is 1. The first-order valence-corrected chi connectivity index (χ1v) is 16.4. The van der Waals surface area contributed by atoms with Crippen molar-refractivity contribution in [3.8, 4) is 16.9 Å². The third kappa shape index (κ3) is 10.2. The van der Waals surface area contributed by atoms with Gasteiger partial charge in [0.25, 0.3) is 0 Å². The summed E-state index contributed by atoms with van der Waals surface area (Å²) in [5.74, 6) is 1.37. The molecule has 9 heteroatoms. The molecular weight excluding hydrogens is 585 g/mol. The monoisotopic (exact) mass is 627 g/mol. The number of hydrogen-bond donors (Lipinski definition) is 0. The molecule has 43 heavy (non-hydrogen) atoms. The number of phosphoric ester groups is 1. The highest BCUT2D eigenvalue weighted by molar-refractivity contribution is 7.48. The van der Waals surface area contributed by atoms with E-state index in [1.165, 1.54) is 0 Å². The molecule has 1 aliphatic rings. The van der Waals surface area contributed by atoms with Crippen molar-refractivity contribution in [2.45, 2.75) is 84.7 Å². The molecule has 0 saturated heterocycles. The molecule has 1 atom stereocenters. The first kappa shape index (κ1) is 33.2. The van der Waals surface area contributed by atoms with Gasteiger partial charge in [-0.15, -0.1) is 0 Å². The van der Waals surface area contributed by atoms with Gasteiger partial charge in [0.15, 0.2) is 5.90 Å². The lowest BCUT2D eigenvalue weighted by atomic mass is 9.93. The Kier molecular flexibility index (Phi) is 10.5. The first-order chi connectivity index (χ1) is 20.1. The van der Waals surface area contributed by atoms with Crippen molar-refractivity contribution in [1.82, 2.24) is 0 Å². The molecule has 7 nitrogen and oxygen atoms in total. The van der Waals surface area contributed by atoms with Crippen LogP contribution in [0.25, 0.3) is 11.1 Å². The van der Waals surface area contributed by atoms with E-state index in [9.17, 15) is 4.57 Å². The molecule has 0 radical (unpaired) electrons. The zero-order valence-electron chi connectivity index (χ0n) is 26.2. The second-order valence-corrected chi connectivity index (χ2v) is 14.8. The van der Waals surface area contributed by atoms with Gasteiger partial charge in [0, 0.05) is 11.9 Å². The van der Waals surface area contributed by atoms with Crippen molar-refractivity contribution < 1.29 is 27.6 Å². The van der Waals surface area contributed by atoms with E-state index in [1.54, 1.807) is 6.92 Å². The van der Waals surface area contributed by atoms with Crippen molar-refractivity contribution in [2.24, 2.45) is 4.99 Å². The van der Waals surface area contributed by atoms with Crippen LogP contribution in [-0.2, 0) is 35.9 Å². The predicted octanol–water partition coefficient (Wildman–Crippen LogP) is 9.46. The number of aryl methyl sites for hydroxylation is 1. The SMILES string of the molecule is CC1=NC(CCc2ccc(-c3ccc(OCc4ccccc4)cc3)cc2Cl)(COP(=O)(OC(C)(C)C)OC(C)(C)C)CO1. The number of hydrogen-bond acceptors (Lipinski definition) is 7. The van der Waals surface area contributed by atoms with Gasteiger partial charge in [-0.05, 0) is 94.8 Å². The average molecular weight is 628 g/mol. The van der Waals surface area contributed by atoms with Crippen LogP contribution in [0.4, 0.5) is 0 Å². The topological polar surface area (TPSA) is 75.6 Å². The summed E-state index contributed by atoms with van der Waals surface area (Å²) in [5.41, 5.74) is 1.95. The fraction of sp³-hybridized carbons (Fsp3) is 0.441. The van der Waals surface area contributed by atoms with Gasteiger partial charge in [0.05, 0.1) is 17.8 Å². The summed E-state index contributed by atoms with van der Waals surface area (Å²) in [7, 11) is -3.91. The molecular formula is C34H43ClNO6P. The normalized spacial score (nSPS) is 17.4. The zero-order valence-corrected chi connectivity index (χ0v) is 27.8. The Morgan fingerprint density at radius 2 is 1.53 bits per heavy atom. The lowest BCUT2D eigenvalue weighted by Crippen LogP contribution is -2.36. The number of benzene rings is 3. The third-order valence-electron chi connectivity index (χ3n) is 6.56. The van der Waals surface area contributed by atoms with Gasteiger partial charge in [-0.3, -0.25) is 13.6 Å².